The van der Waals surface area contributed by atoms with Crippen LogP contribution in [-0.4, -0.2) is 28.5 Å². The lowest BCUT2D eigenvalue weighted by molar-refractivity contribution is -0.116. The Morgan fingerprint density at radius 1 is 1.30 bits per heavy atom. The molecule has 3 rings (SSSR count). The minimum Gasteiger partial charge on any atom is -0.325 e. The van der Waals surface area contributed by atoms with Gasteiger partial charge in [-0.3, -0.25) is 4.79 Å². The number of hydrogen-bond donors (Lipinski definition) is 4. The maximum atomic E-state index is 11.9. The summed E-state index contributed by atoms with van der Waals surface area (Å²) in [4.78, 5) is 28.4. The summed E-state index contributed by atoms with van der Waals surface area (Å²) in [5, 5.41) is 6.14. The Hall–Kier alpha value is -1.60. The zero-order valence-electron chi connectivity index (χ0n) is 10.8. The third-order valence-electron chi connectivity index (χ3n) is 3.24. The molecule has 0 unspecified atom stereocenters. The van der Waals surface area contributed by atoms with Crippen molar-refractivity contribution >= 4 is 38.6 Å². The molecular weight excluding hydrogens is 324 g/mol. The van der Waals surface area contributed by atoms with E-state index >= 15 is 0 Å². The monoisotopic (exact) mass is 338 g/mol. The highest BCUT2D eigenvalue weighted by atomic mass is 79.9. The predicted molar refractivity (Wildman–Crippen MR) is 80.9 cm³/mol. The number of fused-ring (bicyclic) bond motifs is 1. The number of amides is 1. The van der Waals surface area contributed by atoms with Crippen LogP contribution in [0.15, 0.2) is 21.4 Å². The molecule has 1 heterocycles. The molecule has 6 nitrogen and oxygen atoms in total. The molecule has 106 valence electrons. The second kappa shape index (κ2) is 5.41. The van der Waals surface area contributed by atoms with Gasteiger partial charge in [-0.25, -0.2) is 4.79 Å². The molecule has 0 aliphatic heterocycles. The minimum absolute atomic E-state index is 0.0453. The Labute approximate surface area is 123 Å². The van der Waals surface area contributed by atoms with Crippen LogP contribution in [0.1, 0.15) is 19.3 Å². The summed E-state index contributed by atoms with van der Waals surface area (Å²) in [5.74, 6) is -0.0453. The molecule has 1 saturated carbocycles. The summed E-state index contributed by atoms with van der Waals surface area (Å²) >= 11 is 3.39. The fourth-order valence-corrected chi connectivity index (χ4v) is 2.48. The van der Waals surface area contributed by atoms with Gasteiger partial charge in [-0.15, -0.1) is 0 Å². The van der Waals surface area contributed by atoms with Gasteiger partial charge in [-0.2, -0.15) is 0 Å². The number of aromatic amines is 2. The number of halogens is 1. The third kappa shape index (κ3) is 3.10. The zero-order chi connectivity index (χ0) is 14.1. The van der Waals surface area contributed by atoms with Gasteiger partial charge < -0.3 is 20.6 Å². The highest BCUT2D eigenvalue weighted by Gasteiger charge is 2.20. The lowest BCUT2D eigenvalue weighted by Crippen LogP contribution is -2.23. The van der Waals surface area contributed by atoms with E-state index in [-0.39, 0.29) is 11.6 Å². The van der Waals surface area contributed by atoms with E-state index in [2.05, 4.69) is 36.5 Å². The van der Waals surface area contributed by atoms with Gasteiger partial charge in [0.05, 0.1) is 16.7 Å². The Kier molecular flexibility index (Phi) is 3.62. The minimum atomic E-state index is -0.260. The highest BCUT2D eigenvalue weighted by molar-refractivity contribution is 9.10. The largest absolute Gasteiger partial charge is 0.325 e. The van der Waals surface area contributed by atoms with E-state index < -0.39 is 0 Å². The molecule has 2 aromatic rings. The maximum Gasteiger partial charge on any atom is 0.323 e. The van der Waals surface area contributed by atoms with Gasteiger partial charge >= 0.3 is 5.69 Å². The molecule has 0 spiro atoms. The number of carbonyl (C=O) groups excluding carboxylic acids is 1. The summed E-state index contributed by atoms with van der Waals surface area (Å²) in [6.45, 7) is 0.692. The van der Waals surface area contributed by atoms with Gasteiger partial charge in [-0.1, -0.05) is 0 Å². The maximum absolute atomic E-state index is 11.9. The van der Waals surface area contributed by atoms with Crippen LogP contribution in [0.25, 0.3) is 11.0 Å². The molecule has 4 N–H and O–H groups in total. The Balaban J connectivity index is 1.67. The van der Waals surface area contributed by atoms with Crippen molar-refractivity contribution in [1.82, 2.24) is 15.3 Å². The van der Waals surface area contributed by atoms with Crippen molar-refractivity contribution in [1.29, 1.82) is 0 Å². The van der Waals surface area contributed by atoms with Crippen LogP contribution < -0.4 is 16.3 Å². The fraction of sp³-hybridized carbons (Fsp3) is 0.385. The molecule has 0 bridgehead atoms. The zero-order valence-corrected chi connectivity index (χ0v) is 12.3. The quantitative estimate of drug-likeness (QED) is 0.668. The molecule has 1 aliphatic carbocycles. The number of imidazole rings is 1. The van der Waals surface area contributed by atoms with Crippen molar-refractivity contribution < 1.29 is 4.79 Å². The molecule has 1 aliphatic rings. The predicted octanol–water partition coefficient (Wildman–Crippen LogP) is 1.70. The first-order valence-electron chi connectivity index (χ1n) is 6.56. The lowest BCUT2D eigenvalue weighted by Gasteiger charge is -2.08. The molecule has 1 aromatic carbocycles. The Bertz CT molecular complexity index is 702. The highest BCUT2D eigenvalue weighted by Crippen LogP contribution is 2.26. The molecule has 1 amide bonds. The molecule has 0 atom stereocenters. The topological polar surface area (TPSA) is 89.8 Å². The first-order valence-corrected chi connectivity index (χ1v) is 7.36. The van der Waals surface area contributed by atoms with Gasteiger partial charge in [-0.05, 0) is 40.9 Å². The summed E-state index contributed by atoms with van der Waals surface area (Å²) in [5.41, 5.74) is 1.77. The molecule has 0 saturated heterocycles. The van der Waals surface area contributed by atoms with E-state index in [4.69, 9.17) is 0 Å². The second-order valence-corrected chi connectivity index (χ2v) is 5.84. The van der Waals surface area contributed by atoms with E-state index in [9.17, 15) is 9.59 Å². The van der Waals surface area contributed by atoms with Gasteiger partial charge in [0, 0.05) is 23.5 Å². The summed E-state index contributed by atoms with van der Waals surface area (Å²) in [7, 11) is 0. The van der Waals surface area contributed by atoms with Crippen LogP contribution in [0.5, 0.6) is 0 Å². The van der Waals surface area contributed by atoms with Gasteiger partial charge in [0.2, 0.25) is 5.91 Å². The van der Waals surface area contributed by atoms with Crippen molar-refractivity contribution in [2.24, 2.45) is 0 Å². The summed E-state index contributed by atoms with van der Waals surface area (Å²) < 4.78 is 0.740. The first-order chi connectivity index (χ1) is 9.61. The van der Waals surface area contributed by atoms with Crippen LogP contribution in [0.3, 0.4) is 0 Å². The van der Waals surface area contributed by atoms with E-state index in [1.54, 1.807) is 12.1 Å². The number of aromatic nitrogens is 2. The van der Waals surface area contributed by atoms with Crippen LogP contribution in [0.4, 0.5) is 5.69 Å². The molecule has 0 radical (unpaired) electrons. The lowest BCUT2D eigenvalue weighted by atomic mass is 10.2. The summed E-state index contributed by atoms with van der Waals surface area (Å²) in [6, 6.07) is 4.12. The van der Waals surface area contributed by atoms with Crippen molar-refractivity contribution in [3.63, 3.8) is 0 Å². The number of rotatable bonds is 5. The van der Waals surface area contributed by atoms with Crippen molar-refractivity contribution in [3.8, 4) is 0 Å². The summed E-state index contributed by atoms with van der Waals surface area (Å²) in [6.07, 6.45) is 2.86. The second-order valence-electron chi connectivity index (χ2n) is 4.98. The first kappa shape index (κ1) is 13.4. The van der Waals surface area contributed by atoms with Crippen LogP contribution in [-0.2, 0) is 4.79 Å². The van der Waals surface area contributed by atoms with Crippen molar-refractivity contribution in [3.05, 3.63) is 27.1 Å². The normalized spacial score (nSPS) is 14.7. The number of hydrogen-bond acceptors (Lipinski definition) is 3. The van der Waals surface area contributed by atoms with Crippen molar-refractivity contribution in [2.75, 3.05) is 11.9 Å². The number of nitrogens with one attached hydrogen (secondary N) is 4. The Morgan fingerprint density at radius 3 is 2.70 bits per heavy atom. The molecule has 1 fully saturated rings. The van der Waals surface area contributed by atoms with Gasteiger partial charge in [0.25, 0.3) is 0 Å². The molecule has 20 heavy (non-hydrogen) atoms. The van der Waals surface area contributed by atoms with Gasteiger partial charge in [0.15, 0.2) is 0 Å². The third-order valence-corrected chi connectivity index (χ3v) is 3.90. The number of H-pyrrole nitrogens is 2. The average molecular weight is 339 g/mol. The van der Waals surface area contributed by atoms with Crippen LogP contribution in [0.2, 0.25) is 0 Å². The van der Waals surface area contributed by atoms with Gasteiger partial charge in [0.1, 0.15) is 0 Å². The molecule has 1 aromatic heterocycles. The van der Waals surface area contributed by atoms with Crippen LogP contribution in [0, 0.1) is 0 Å². The van der Waals surface area contributed by atoms with Crippen molar-refractivity contribution in [2.45, 2.75) is 25.3 Å². The number of anilines is 1. The van der Waals surface area contributed by atoms with Crippen LogP contribution >= 0.6 is 15.9 Å². The molecule has 7 heteroatoms. The van der Waals surface area contributed by atoms with E-state index in [1.165, 1.54) is 12.8 Å². The fourth-order valence-electron chi connectivity index (χ4n) is 2.04. The Morgan fingerprint density at radius 2 is 2.00 bits per heavy atom. The van der Waals surface area contributed by atoms with E-state index in [0.717, 1.165) is 4.47 Å². The molecular formula is C13H15BrN4O2. The number of carbonyl (C=O) groups is 1. The standard InChI is InChI=1S/C13H15BrN4O2/c14-8-5-10-11(18-13(20)17-10)6-9(8)16-12(19)3-4-15-7-1-2-7/h5-7,15H,1-4H2,(H,16,19)(H2,17,18,20). The number of benzene rings is 1. The average Bonchev–Trinajstić information content (AvgIpc) is 3.12. The van der Waals surface area contributed by atoms with E-state index in [1.807, 2.05) is 0 Å². The SMILES string of the molecule is O=C(CCNC1CC1)Nc1cc2[nH]c(=O)[nH]c2cc1Br. The van der Waals surface area contributed by atoms with E-state index in [0.29, 0.717) is 35.7 Å². The smallest absolute Gasteiger partial charge is 0.323 e.